The molecule has 1 aliphatic carbocycles. The van der Waals surface area contributed by atoms with Crippen molar-refractivity contribution in [3.05, 3.63) is 24.3 Å². The molecule has 2 N–H and O–H groups in total. The molecule has 1 aromatic rings. The molecule has 5 nitrogen and oxygen atoms in total. The van der Waals surface area contributed by atoms with Crippen LogP contribution in [0.5, 0.6) is 11.5 Å². The Morgan fingerprint density at radius 3 is 2.68 bits per heavy atom. The maximum absolute atomic E-state index is 12.0. The minimum Gasteiger partial charge on any atom is -0.486 e. The van der Waals surface area contributed by atoms with E-state index in [1.165, 1.54) is 12.8 Å². The van der Waals surface area contributed by atoms with Gasteiger partial charge in [-0.15, -0.1) is 0 Å². The average molecular weight is 304 g/mol. The van der Waals surface area contributed by atoms with Gasteiger partial charge in [0.25, 0.3) is 0 Å². The van der Waals surface area contributed by atoms with Gasteiger partial charge in [-0.2, -0.15) is 0 Å². The van der Waals surface area contributed by atoms with E-state index in [0.717, 1.165) is 30.3 Å². The summed E-state index contributed by atoms with van der Waals surface area (Å²) in [5.74, 6) is 2.29. The quantitative estimate of drug-likeness (QED) is 0.902. The molecule has 1 fully saturated rings. The van der Waals surface area contributed by atoms with E-state index >= 15 is 0 Å². The fourth-order valence-electron chi connectivity index (χ4n) is 3.01. The molecule has 1 atom stereocenters. The van der Waals surface area contributed by atoms with Gasteiger partial charge in [0.1, 0.15) is 6.61 Å². The number of hydrogen-bond donors (Lipinski definition) is 2. The second-order valence-corrected chi connectivity index (χ2v) is 6.31. The number of carbonyl (C=O) groups is 1. The summed E-state index contributed by atoms with van der Waals surface area (Å²) in [6, 6.07) is 7.79. The van der Waals surface area contributed by atoms with E-state index in [9.17, 15) is 4.79 Å². The number of para-hydroxylation sites is 2. The topological polar surface area (TPSA) is 59.6 Å². The number of ether oxygens (including phenoxy) is 2. The fraction of sp³-hybridized carbons (Fsp3) is 0.588. The van der Waals surface area contributed by atoms with Gasteiger partial charge in [-0.3, -0.25) is 0 Å². The standard InChI is InChI=1S/C17H24N2O3/c1-12-6-8-13(9-7-12)19-17(20)18-10-14-11-21-15-4-2-3-5-16(15)22-14/h2-5,12-14H,6-11H2,1H3,(H2,18,19,20)/t12?,13?,14-/m0/s1. The van der Waals surface area contributed by atoms with Crippen LogP contribution < -0.4 is 20.1 Å². The highest BCUT2D eigenvalue weighted by molar-refractivity contribution is 5.74. The number of amides is 2. The van der Waals surface area contributed by atoms with Gasteiger partial charge >= 0.3 is 6.03 Å². The molecular formula is C17H24N2O3. The van der Waals surface area contributed by atoms with Crippen molar-refractivity contribution < 1.29 is 14.3 Å². The van der Waals surface area contributed by atoms with Gasteiger partial charge < -0.3 is 20.1 Å². The van der Waals surface area contributed by atoms with Crippen molar-refractivity contribution in [1.82, 2.24) is 10.6 Å². The molecule has 1 aliphatic heterocycles. The van der Waals surface area contributed by atoms with E-state index in [0.29, 0.717) is 19.2 Å². The van der Waals surface area contributed by atoms with Gasteiger partial charge in [-0.1, -0.05) is 19.1 Å². The molecule has 2 amide bonds. The van der Waals surface area contributed by atoms with Gasteiger partial charge in [0.05, 0.1) is 6.54 Å². The molecule has 120 valence electrons. The lowest BCUT2D eigenvalue weighted by molar-refractivity contribution is 0.0916. The molecule has 0 unspecified atom stereocenters. The molecule has 0 radical (unpaired) electrons. The number of carbonyl (C=O) groups excluding carboxylic acids is 1. The average Bonchev–Trinajstić information content (AvgIpc) is 2.55. The molecule has 0 saturated heterocycles. The molecule has 2 aliphatic rings. The van der Waals surface area contributed by atoms with Gasteiger partial charge in [-0.25, -0.2) is 4.79 Å². The van der Waals surface area contributed by atoms with E-state index in [4.69, 9.17) is 9.47 Å². The Labute approximate surface area is 131 Å². The van der Waals surface area contributed by atoms with Crippen LogP contribution in [0.4, 0.5) is 4.79 Å². The summed E-state index contributed by atoms with van der Waals surface area (Å²) >= 11 is 0. The summed E-state index contributed by atoms with van der Waals surface area (Å²) in [6.45, 7) is 3.18. The third-order valence-electron chi connectivity index (χ3n) is 4.41. The van der Waals surface area contributed by atoms with Crippen molar-refractivity contribution in [3.8, 4) is 11.5 Å². The summed E-state index contributed by atoms with van der Waals surface area (Å²) in [5, 5.41) is 5.94. The summed E-state index contributed by atoms with van der Waals surface area (Å²) in [4.78, 5) is 12.0. The summed E-state index contributed by atoms with van der Waals surface area (Å²) in [5.41, 5.74) is 0. The molecule has 1 saturated carbocycles. The van der Waals surface area contributed by atoms with Gasteiger partial charge in [0.15, 0.2) is 17.6 Å². The van der Waals surface area contributed by atoms with Crippen LogP contribution >= 0.6 is 0 Å². The predicted octanol–water partition coefficient (Wildman–Crippen LogP) is 2.70. The number of hydrogen-bond acceptors (Lipinski definition) is 3. The molecular weight excluding hydrogens is 280 g/mol. The fourth-order valence-corrected chi connectivity index (χ4v) is 3.01. The first kappa shape index (κ1) is 15.0. The second kappa shape index (κ2) is 6.90. The highest BCUT2D eigenvalue weighted by atomic mass is 16.6. The van der Waals surface area contributed by atoms with Crippen LogP contribution in [0, 0.1) is 5.92 Å². The first-order valence-corrected chi connectivity index (χ1v) is 8.13. The van der Waals surface area contributed by atoms with Crippen molar-refractivity contribution in [2.45, 2.75) is 44.8 Å². The zero-order valence-corrected chi connectivity index (χ0v) is 13.0. The van der Waals surface area contributed by atoms with Crippen LogP contribution in [0.1, 0.15) is 32.6 Å². The SMILES string of the molecule is CC1CCC(NC(=O)NC[C@H]2COc3ccccc3O2)CC1. The smallest absolute Gasteiger partial charge is 0.315 e. The van der Waals surface area contributed by atoms with E-state index in [1.807, 2.05) is 24.3 Å². The lowest BCUT2D eigenvalue weighted by Gasteiger charge is -2.28. The zero-order valence-electron chi connectivity index (χ0n) is 13.0. The summed E-state index contributed by atoms with van der Waals surface area (Å²) in [7, 11) is 0. The third-order valence-corrected chi connectivity index (χ3v) is 4.41. The first-order valence-electron chi connectivity index (χ1n) is 8.13. The molecule has 0 bridgehead atoms. The molecule has 1 heterocycles. The van der Waals surface area contributed by atoms with Crippen molar-refractivity contribution in [2.75, 3.05) is 13.2 Å². The number of nitrogens with one attached hydrogen (secondary N) is 2. The number of fused-ring (bicyclic) bond motifs is 1. The van der Waals surface area contributed by atoms with Crippen molar-refractivity contribution in [3.63, 3.8) is 0 Å². The first-order chi connectivity index (χ1) is 10.7. The maximum Gasteiger partial charge on any atom is 0.315 e. The maximum atomic E-state index is 12.0. The Bertz CT molecular complexity index is 512. The monoisotopic (exact) mass is 304 g/mol. The van der Waals surface area contributed by atoms with E-state index in [1.54, 1.807) is 0 Å². The van der Waals surface area contributed by atoms with Gasteiger partial charge in [-0.05, 0) is 43.7 Å². The van der Waals surface area contributed by atoms with E-state index < -0.39 is 0 Å². The molecule has 3 rings (SSSR count). The Morgan fingerprint density at radius 2 is 1.91 bits per heavy atom. The van der Waals surface area contributed by atoms with Crippen LogP contribution in [0.25, 0.3) is 0 Å². The minimum absolute atomic E-state index is 0.109. The van der Waals surface area contributed by atoms with Crippen LogP contribution in [-0.2, 0) is 0 Å². The van der Waals surface area contributed by atoms with Gasteiger partial charge in [0, 0.05) is 6.04 Å². The highest BCUT2D eigenvalue weighted by Crippen LogP contribution is 2.30. The Balaban J connectivity index is 1.40. The Morgan fingerprint density at radius 1 is 1.18 bits per heavy atom. The summed E-state index contributed by atoms with van der Waals surface area (Å²) in [6.07, 6.45) is 4.39. The molecule has 5 heteroatoms. The summed E-state index contributed by atoms with van der Waals surface area (Å²) < 4.78 is 11.5. The Hall–Kier alpha value is -1.91. The predicted molar refractivity (Wildman–Crippen MR) is 84.3 cm³/mol. The van der Waals surface area contributed by atoms with Crippen LogP contribution in [-0.4, -0.2) is 31.3 Å². The third kappa shape index (κ3) is 3.84. The van der Waals surface area contributed by atoms with Crippen molar-refractivity contribution in [1.29, 1.82) is 0 Å². The van der Waals surface area contributed by atoms with Crippen molar-refractivity contribution in [2.24, 2.45) is 5.92 Å². The van der Waals surface area contributed by atoms with Crippen molar-refractivity contribution >= 4 is 6.03 Å². The van der Waals surface area contributed by atoms with E-state index in [-0.39, 0.29) is 12.1 Å². The van der Waals surface area contributed by atoms with Crippen LogP contribution in [0.3, 0.4) is 0 Å². The molecule has 0 aromatic heterocycles. The molecule has 22 heavy (non-hydrogen) atoms. The lowest BCUT2D eigenvalue weighted by Crippen LogP contribution is -2.48. The number of benzene rings is 1. The van der Waals surface area contributed by atoms with Crippen LogP contribution in [0.2, 0.25) is 0 Å². The lowest BCUT2D eigenvalue weighted by atomic mass is 9.87. The number of urea groups is 1. The molecule has 0 spiro atoms. The van der Waals surface area contributed by atoms with Gasteiger partial charge in [0.2, 0.25) is 0 Å². The largest absolute Gasteiger partial charge is 0.486 e. The van der Waals surface area contributed by atoms with Crippen LogP contribution in [0.15, 0.2) is 24.3 Å². The zero-order chi connectivity index (χ0) is 15.4. The normalized spacial score (nSPS) is 27.0. The minimum atomic E-state index is -0.146. The Kier molecular flexibility index (Phi) is 4.71. The second-order valence-electron chi connectivity index (χ2n) is 6.31. The number of rotatable bonds is 3. The van der Waals surface area contributed by atoms with E-state index in [2.05, 4.69) is 17.6 Å². The molecule has 1 aromatic carbocycles. The highest BCUT2D eigenvalue weighted by Gasteiger charge is 2.23.